The number of ketones is 1. The van der Waals surface area contributed by atoms with Gasteiger partial charge in [0, 0.05) is 12.0 Å². The van der Waals surface area contributed by atoms with Crippen molar-refractivity contribution in [3.63, 3.8) is 0 Å². The molecule has 2 rings (SSSR count). The van der Waals surface area contributed by atoms with Crippen molar-refractivity contribution in [1.82, 2.24) is 0 Å². The van der Waals surface area contributed by atoms with E-state index in [0.29, 0.717) is 36.5 Å². The molecule has 2 aromatic rings. The monoisotopic (exact) mass is 288 g/mol. The summed E-state index contributed by atoms with van der Waals surface area (Å²) in [5.74, 6) is 0.973. The first kappa shape index (κ1) is 15.0. The molecule has 0 radical (unpaired) electrons. The van der Waals surface area contributed by atoms with Gasteiger partial charge in [-0.15, -0.1) is 0 Å². The van der Waals surface area contributed by atoms with Crippen molar-refractivity contribution >= 4 is 5.78 Å². The number of methoxy groups -OCH3 is 1. The van der Waals surface area contributed by atoms with E-state index in [9.17, 15) is 9.18 Å². The number of halogens is 1. The molecule has 0 spiro atoms. The number of Topliss-reactive ketones (excluding diaryl/α,β-unsaturated/α-hetero) is 1. The number of benzene rings is 2. The second-order valence-electron chi connectivity index (χ2n) is 4.53. The fourth-order valence-corrected chi connectivity index (χ4v) is 1.93. The summed E-state index contributed by atoms with van der Waals surface area (Å²) in [6.45, 7) is 0.424. The van der Waals surface area contributed by atoms with Gasteiger partial charge < -0.3 is 9.47 Å². The molecule has 0 aliphatic carbocycles. The Balaban J connectivity index is 1.79. The van der Waals surface area contributed by atoms with Crippen molar-refractivity contribution in [1.29, 1.82) is 0 Å². The molecule has 0 aliphatic rings. The zero-order chi connectivity index (χ0) is 15.1. The molecule has 21 heavy (non-hydrogen) atoms. The van der Waals surface area contributed by atoms with Crippen LogP contribution in [-0.4, -0.2) is 19.5 Å². The summed E-state index contributed by atoms with van der Waals surface area (Å²) in [7, 11) is 1.58. The molecule has 0 N–H and O–H groups in total. The van der Waals surface area contributed by atoms with E-state index in [2.05, 4.69) is 0 Å². The van der Waals surface area contributed by atoms with Crippen LogP contribution in [0.2, 0.25) is 0 Å². The first-order valence-corrected chi connectivity index (χ1v) is 6.75. The number of hydrogen-bond acceptors (Lipinski definition) is 3. The fourth-order valence-electron chi connectivity index (χ4n) is 1.93. The van der Waals surface area contributed by atoms with Crippen LogP contribution in [0.5, 0.6) is 11.5 Å². The molecule has 0 heterocycles. The van der Waals surface area contributed by atoms with Gasteiger partial charge in [0.25, 0.3) is 0 Å². The van der Waals surface area contributed by atoms with Crippen LogP contribution in [0.4, 0.5) is 4.39 Å². The van der Waals surface area contributed by atoms with Crippen LogP contribution < -0.4 is 9.47 Å². The van der Waals surface area contributed by atoms with Crippen LogP contribution in [0.15, 0.2) is 48.5 Å². The number of rotatable bonds is 7. The van der Waals surface area contributed by atoms with E-state index in [-0.39, 0.29) is 11.6 Å². The maximum absolute atomic E-state index is 12.8. The zero-order valence-corrected chi connectivity index (χ0v) is 11.8. The van der Waals surface area contributed by atoms with Gasteiger partial charge in [0.15, 0.2) is 17.3 Å². The van der Waals surface area contributed by atoms with Gasteiger partial charge in [-0.2, -0.15) is 0 Å². The van der Waals surface area contributed by atoms with Crippen LogP contribution in [-0.2, 0) is 0 Å². The highest BCUT2D eigenvalue weighted by molar-refractivity contribution is 5.95. The van der Waals surface area contributed by atoms with Crippen LogP contribution in [0.1, 0.15) is 23.2 Å². The van der Waals surface area contributed by atoms with Gasteiger partial charge >= 0.3 is 0 Å². The molecule has 0 saturated carbocycles. The first-order chi connectivity index (χ1) is 10.2. The molecule has 4 heteroatoms. The van der Waals surface area contributed by atoms with Crippen molar-refractivity contribution in [2.24, 2.45) is 0 Å². The molecule has 110 valence electrons. The molecule has 3 nitrogen and oxygen atoms in total. The predicted molar refractivity (Wildman–Crippen MR) is 78.5 cm³/mol. The third kappa shape index (κ3) is 4.31. The minimum atomic E-state index is -0.342. The van der Waals surface area contributed by atoms with Gasteiger partial charge in [0.1, 0.15) is 5.82 Å². The van der Waals surface area contributed by atoms with Crippen LogP contribution in [0.3, 0.4) is 0 Å². The minimum Gasteiger partial charge on any atom is -0.493 e. The Bertz CT molecular complexity index is 593. The van der Waals surface area contributed by atoms with E-state index < -0.39 is 0 Å². The second kappa shape index (κ2) is 7.43. The van der Waals surface area contributed by atoms with Crippen molar-refractivity contribution in [2.45, 2.75) is 12.8 Å². The predicted octanol–water partition coefficient (Wildman–Crippen LogP) is 3.88. The van der Waals surface area contributed by atoms with E-state index in [1.54, 1.807) is 7.11 Å². The van der Waals surface area contributed by atoms with Crippen LogP contribution in [0.25, 0.3) is 0 Å². The Morgan fingerprint density at radius 3 is 2.38 bits per heavy atom. The molecule has 0 aromatic heterocycles. The Morgan fingerprint density at radius 2 is 1.71 bits per heavy atom. The lowest BCUT2D eigenvalue weighted by atomic mass is 10.1. The summed E-state index contributed by atoms with van der Waals surface area (Å²) in [5, 5.41) is 0. The summed E-state index contributed by atoms with van der Waals surface area (Å²) in [6.07, 6.45) is 0.953. The Morgan fingerprint density at radius 1 is 1.05 bits per heavy atom. The van der Waals surface area contributed by atoms with E-state index in [1.165, 1.54) is 24.3 Å². The van der Waals surface area contributed by atoms with E-state index in [0.717, 1.165) is 0 Å². The highest BCUT2D eigenvalue weighted by Gasteiger charge is 2.07. The lowest BCUT2D eigenvalue weighted by Gasteiger charge is -2.09. The summed E-state index contributed by atoms with van der Waals surface area (Å²) in [4.78, 5) is 11.9. The van der Waals surface area contributed by atoms with Gasteiger partial charge in [-0.3, -0.25) is 4.79 Å². The molecule has 0 amide bonds. The second-order valence-corrected chi connectivity index (χ2v) is 4.53. The van der Waals surface area contributed by atoms with E-state index in [1.807, 2.05) is 24.3 Å². The topological polar surface area (TPSA) is 35.5 Å². The molecule has 0 unspecified atom stereocenters. The van der Waals surface area contributed by atoms with Gasteiger partial charge in [-0.25, -0.2) is 4.39 Å². The third-order valence-corrected chi connectivity index (χ3v) is 3.04. The molecule has 0 saturated heterocycles. The first-order valence-electron chi connectivity index (χ1n) is 6.75. The number of carbonyl (C=O) groups excluding carboxylic acids is 1. The summed E-state index contributed by atoms with van der Waals surface area (Å²) in [5.41, 5.74) is 0.522. The number of carbonyl (C=O) groups is 1. The van der Waals surface area contributed by atoms with E-state index >= 15 is 0 Å². The third-order valence-electron chi connectivity index (χ3n) is 3.04. The van der Waals surface area contributed by atoms with Gasteiger partial charge in [-0.1, -0.05) is 12.1 Å². The van der Waals surface area contributed by atoms with Gasteiger partial charge in [0.2, 0.25) is 0 Å². The van der Waals surface area contributed by atoms with Gasteiger partial charge in [-0.05, 0) is 42.8 Å². The standard InChI is InChI=1S/C17H17FO3/c1-20-16-6-2-3-7-17(16)21-12-4-5-15(19)13-8-10-14(18)11-9-13/h2-3,6-11H,4-5,12H2,1H3. The van der Waals surface area contributed by atoms with Gasteiger partial charge in [0.05, 0.1) is 13.7 Å². The molecular formula is C17H17FO3. The molecule has 0 atom stereocenters. The number of para-hydroxylation sites is 2. The normalized spacial score (nSPS) is 10.2. The summed E-state index contributed by atoms with van der Waals surface area (Å²) >= 11 is 0. The summed E-state index contributed by atoms with van der Waals surface area (Å²) < 4.78 is 23.5. The fraction of sp³-hybridized carbons (Fsp3) is 0.235. The molecule has 2 aromatic carbocycles. The Labute approximate surface area is 123 Å². The molecule has 0 fully saturated rings. The van der Waals surface area contributed by atoms with Crippen molar-refractivity contribution < 1.29 is 18.7 Å². The molecule has 0 aliphatic heterocycles. The smallest absolute Gasteiger partial charge is 0.163 e. The maximum atomic E-state index is 12.8. The van der Waals surface area contributed by atoms with Crippen molar-refractivity contribution in [3.8, 4) is 11.5 Å². The van der Waals surface area contributed by atoms with Crippen LogP contribution >= 0.6 is 0 Å². The quantitative estimate of drug-likeness (QED) is 0.573. The maximum Gasteiger partial charge on any atom is 0.163 e. The highest BCUT2D eigenvalue weighted by Crippen LogP contribution is 2.25. The van der Waals surface area contributed by atoms with Crippen molar-refractivity contribution in [2.75, 3.05) is 13.7 Å². The highest BCUT2D eigenvalue weighted by atomic mass is 19.1. The SMILES string of the molecule is COc1ccccc1OCCCC(=O)c1ccc(F)cc1. The average Bonchev–Trinajstić information content (AvgIpc) is 2.52. The lowest BCUT2D eigenvalue weighted by Crippen LogP contribution is -2.04. The summed E-state index contributed by atoms with van der Waals surface area (Å²) in [6, 6.07) is 12.9. The Kier molecular flexibility index (Phi) is 5.32. The van der Waals surface area contributed by atoms with Crippen molar-refractivity contribution in [3.05, 3.63) is 59.9 Å². The van der Waals surface area contributed by atoms with E-state index in [4.69, 9.17) is 9.47 Å². The largest absolute Gasteiger partial charge is 0.493 e. The molecule has 0 bridgehead atoms. The zero-order valence-electron chi connectivity index (χ0n) is 11.8. The average molecular weight is 288 g/mol. The lowest BCUT2D eigenvalue weighted by molar-refractivity contribution is 0.0973. The van der Waals surface area contributed by atoms with Crippen LogP contribution in [0, 0.1) is 5.82 Å². The molecular weight excluding hydrogens is 271 g/mol. The number of hydrogen-bond donors (Lipinski definition) is 0. The minimum absolute atomic E-state index is 0.0152. The number of ether oxygens (including phenoxy) is 2. The Hall–Kier alpha value is -2.36.